The largest absolute Gasteiger partial charge is 0.480 e. The van der Waals surface area contributed by atoms with Gasteiger partial charge in [-0.15, -0.1) is 0 Å². The second-order valence-electron chi connectivity index (χ2n) is 5.82. The smallest absolute Gasteiger partial charge is 0.321 e. The Morgan fingerprint density at radius 2 is 2.17 bits per heavy atom. The molecule has 132 valence electrons. The lowest BCUT2D eigenvalue weighted by atomic mass is 10.1. The Labute approximate surface area is 143 Å². The van der Waals surface area contributed by atoms with Crippen LogP contribution in [0.3, 0.4) is 0 Å². The quantitative estimate of drug-likeness (QED) is 0.311. The van der Waals surface area contributed by atoms with Crippen molar-refractivity contribution >= 4 is 29.6 Å². The Balaban J connectivity index is 2.63. The predicted octanol–water partition coefficient (Wildman–Crippen LogP) is 2.16. The highest BCUT2D eigenvalue weighted by molar-refractivity contribution is 7.97. The lowest BCUT2D eigenvalue weighted by Gasteiger charge is -2.20. The summed E-state index contributed by atoms with van der Waals surface area (Å²) in [6.07, 6.45) is 1.26. The van der Waals surface area contributed by atoms with Gasteiger partial charge in [0.05, 0.1) is 4.92 Å². The number of carbonyl (C=O) groups excluding carboxylic acids is 1. The summed E-state index contributed by atoms with van der Waals surface area (Å²) in [5.41, 5.74) is -0.877. The van der Waals surface area contributed by atoms with Gasteiger partial charge in [0, 0.05) is 18.7 Å². The van der Waals surface area contributed by atoms with E-state index in [1.54, 1.807) is 20.8 Å². The second-order valence-corrected chi connectivity index (χ2v) is 6.65. The summed E-state index contributed by atoms with van der Waals surface area (Å²) in [4.78, 5) is 37.0. The molecule has 0 saturated carbocycles. The summed E-state index contributed by atoms with van der Waals surface area (Å²) in [7, 11) is 0. The fourth-order valence-electron chi connectivity index (χ4n) is 1.61. The molecule has 0 spiro atoms. The first-order valence-electron chi connectivity index (χ1n) is 7.06. The van der Waals surface area contributed by atoms with Crippen molar-refractivity contribution in [3.63, 3.8) is 0 Å². The Morgan fingerprint density at radius 1 is 1.50 bits per heavy atom. The number of rotatable bonds is 8. The average Bonchev–Trinajstić information content (AvgIpc) is 2.45. The summed E-state index contributed by atoms with van der Waals surface area (Å²) in [5, 5.41) is 20.1. The molecule has 1 aromatic rings. The summed E-state index contributed by atoms with van der Waals surface area (Å²) in [6, 6.07) is 1.61. The molecule has 0 aliphatic rings. The first kappa shape index (κ1) is 19.8. The molecule has 1 aromatic heterocycles. The molecular formula is C14H19N3O6S. The van der Waals surface area contributed by atoms with Crippen molar-refractivity contribution in [3.8, 4) is 0 Å². The highest BCUT2D eigenvalue weighted by Crippen LogP contribution is 2.24. The van der Waals surface area contributed by atoms with Gasteiger partial charge in [0.25, 0.3) is 0 Å². The molecule has 0 radical (unpaired) electrons. The molecular weight excluding hydrogens is 338 g/mol. The fourth-order valence-corrected chi connectivity index (χ4v) is 2.45. The second kappa shape index (κ2) is 8.60. The first-order chi connectivity index (χ1) is 11.1. The number of hydrogen-bond donors (Lipinski definition) is 2. The van der Waals surface area contributed by atoms with Crippen molar-refractivity contribution in [1.82, 2.24) is 9.71 Å². The van der Waals surface area contributed by atoms with Crippen molar-refractivity contribution in [2.75, 3.05) is 0 Å². The van der Waals surface area contributed by atoms with Crippen LogP contribution >= 0.6 is 11.9 Å². The lowest BCUT2D eigenvalue weighted by molar-refractivity contribution is -0.388. The number of carboxylic acid groups (broad SMARTS) is 1. The van der Waals surface area contributed by atoms with Crippen LogP contribution in [0.4, 0.5) is 5.69 Å². The third-order valence-electron chi connectivity index (χ3n) is 2.60. The minimum atomic E-state index is -1.18. The van der Waals surface area contributed by atoms with Crippen molar-refractivity contribution < 1.29 is 24.4 Å². The summed E-state index contributed by atoms with van der Waals surface area (Å²) < 4.78 is 7.70. The minimum Gasteiger partial charge on any atom is -0.480 e. The molecule has 1 unspecified atom stereocenters. The van der Waals surface area contributed by atoms with Gasteiger partial charge in [0.2, 0.25) is 0 Å². The number of aromatic nitrogens is 1. The van der Waals surface area contributed by atoms with Gasteiger partial charge in [0.1, 0.15) is 11.6 Å². The van der Waals surface area contributed by atoms with E-state index < -0.39 is 28.5 Å². The normalized spacial score (nSPS) is 12.5. The number of esters is 1. The monoisotopic (exact) mass is 357 g/mol. The molecule has 0 amide bonds. The van der Waals surface area contributed by atoms with Crippen LogP contribution in [-0.4, -0.2) is 38.6 Å². The highest BCUT2D eigenvalue weighted by atomic mass is 32.2. The van der Waals surface area contributed by atoms with Crippen LogP contribution in [0.2, 0.25) is 0 Å². The molecule has 1 atom stereocenters. The maximum atomic E-state index is 11.7. The predicted molar refractivity (Wildman–Crippen MR) is 86.4 cm³/mol. The number of ether oxygens (including phenoxy) is 1. The minimum absolute atomic E-state index is 0.0160. The molecule has 0 aliphatic carbocycles. The number of pyridine rings is 1. The van der Waals surface area contributed by atoms with E-state index in [-0.39, 0.29) is 23.6 Å². The van der Waals surface area contributed by atoms with Crippen molar-refractivity contribution in [2.45, 2.75) is 50.3 Å². The first-order valence-corrected chi connectivity index (χ1v) is 7.88. The summed E-state index contributed by atoms with van der Waals surface area (Å²) >= 11 is 0.741. The maximum Gasteiger partial charge on any atom is 0.321 e. The summed E-state index contributed by atoms with van der Waals surface area (Å²) in [6.45, 7) is 5.15. The average molecular weight is 357 g/mol. The van der Waals surface area contributed by atoms with E-state index in [9.17, 15) is 24.8 Å². The van der Waals surface area contributed by atoms with E-state index in [4.69, 9.17) is 4.74 Å². The van der Waals surface area contributed by atoms with E-state index in [0.717, 1.165) is 11.9 Å². The zero-order valence-electron chi connectivity index (χ0n) is 13.5. The lowest BCUT2D eigenvalue weighted by Crippen LogP contribution is -2.33. The molecule has 0 aromatic carbocycles. The van der Waals surface area contributed by atoms with Crippen LogP contribution < -0.4 is 4.72 Å². The standard InChI is InChI=1S/C14H19N3O6S/c1-14(2,3)23-11(18)7-6-9(13(19)20)16-24-12-10(17(21)22)5-4-8-15-12/h4-5,8-9,16H,6-7H2,1-3H3,(H,19,20). The topological polar surface area (TPSA) is 132 Å². The van der Waals surface area contributed by atoms with Crippen LogP contribution in [0.25, 0.3) is 0 Å². The zero-order chi connectivity index (χ0) is 18.3. The van der Waals surface area contributed by atoms with Gasteiger partial charge < -0.3 is 9.84 Å². The number of carbonyl (C=O) groups is 2. The van der Waals surface area contributed by atoms with E-state index in [2.05, 4.69) is 9.71 Å². The molecule has 9 nitrogen and oxygen atoms in total. The Morgan fingerprint density at radius 3 is 2.71 bits per heavy atom. The maximum absolute atomic E-state index is 11.7. The van der Waals surface area contributed by atoms with Crippen LogP contribution in [0, 0.1) is 10.1 Å². The van der Waals surface area contributed by atoms with E-state index in [1.807, 2.05) is 0 Å². The van der Waals surface area contributed by atoms with Gasteiger partial charge in [-0.25, -0.2) is 9.71 Å². The van der Waals surface area contributed by atoms with Gasteiger partial charge in [-0.2, -0.15) is 0 Å². The van der Waals surface area contributed by atoms with Crippen LogP contribution in [0.1, 0.15) is 33.6 Å². The number of nitrogens with zero attached hydrogens (tertiary/aromatic N) is 2. The molecule has 0 aliphatic heterocycles. The van der Waals surface area contributed by atoms with E-state index in [1.165, 1.54) is 18.3 Å². The van der Waals surface area contributed by atoms with E-state index in [0.29, 0.717) is 0 Å². The van der Waals surface area contributed by atoms with Gasteiger partial charge >= 0.3 is 17.6 Å². The number of hydrogen-bond acceptors (Lipinski definition) is 8. The molecule has 1 rings (SSSR count). The van der Waals surface area contributed by atoms with Crippen molar-refractivity contribution in [1.29, 1.82) is 0 Å². The van der Waals surface area contributed by atoms with Gasteiger partial charge in [0.15, 0.2) is 5.03 Å². The fraction of sp³-hybridized carbons (Fsp3) is 0.500. The molecule has 10 heteroatoms. The molecule has 0 fully saturated rings. The summed E-state index contributed by atoms with van der Waals surface area (Å²) in [5.74, 6) is -1.69. The van der Waals surface area contributed by atoms with Gasteiger partial charge in [-0.1, -0.05) is 0 Å². The molecule has 0 bridgehead atoms. The number of aliphatic carboxylic acids is 1. The molecule has 0 saturated heterocycles. The van der Waals surface area contributed by atoms with Gasteiger partial charge in [-0.3, -0.25) is 19.7 Å². The highest BCUT2D eigenvalue weighted by Gasteiger charge is 2.23. The third-order valence-corrected chi connectivity index (χ3v) is 3.51. The van der Waals surface area contributed by atoms with Crippen LogP contribution in [0.5, 0.6) is 0 Å². The van der Waals surface area contributed by atoms with E-state index >= 15 is 0 Å². The third kappa shape index (κ3) is 6.92. The Bertz CT molecular complexity index is 617. The van der Waals surface area contributed by atoms with Crippen LogP contribution in [-0.2, 0) is 14.3 Å². The SMILES string of the molecule is CC(C)(C)OC(=O)CCC(NSc1ncccc1[N+](=O)[O-])C(=O)O. The molecule has 1 heterocycles. The molecule has 2 N–H and O–H groups in total. The number of carboxylic acids is 1. The zero-order valence-corrected chi connectivity index (χ0v) is 14.3. The molecule has 24 heavy (non-hydrogen) atoms. The number of nitrogens with one attached hydrogen (secondary N) is 1. The van der Waals surface area contributed by atoms with Gasteiger partial charge in [-0.05, 0) is 45.2 Å². The Hall–Kier alpha value is -2.20. The van der Waals surface area contributed by atoms with Crippen molar-refractivity contribution in [2.24, 2.45) is 0 Å². The van der Waals surface area contributed by atoms with Crippen molar-refractivity contribution in [3.05, 3.63) is 28.4 Å². The Kier molecular flexibility index (Phi) is 7.11. The van der Waals surface area contributed by atoms with Crippen LogP contribution in [0.15, 0.2) is 23.4 Å². The number of nitro groups is 1.